The second-order valence-corrected chi connectivity index (χ2v) is 8.62. The zero-order valence-electron chi connectivity index (χ0n) is 12.6. The summed E-state index contributed by atoms with van der Waals surface area (Å²) in [7, 11) is -1.90. The van der Waals surface area contributed by atoms with E-state index in [-0.39, 0.29) is 10.4 Å². The molecule has 0 saturated heterocycles. The molecule has 0 unspecified atom stereocenters. The van der Waals surface area contributed by atoms with Crippen LogP contribution in [0.4, 0.5) is 0 Å². The maximum absolute atomic E-state index is 12.6. The van der Waals surface area contributed by atoms with E-state index >= 15 is 0 Å². The highest BCUT2D eigenvalue weighted by Gasteiger charge is 2.26. The third-order valence-electron chi connectivity index (χ3n) is 2.84. The maximum Gasteiger partial charge on any atom is 0.243 e. The van der Waals surface area contributed by atoms with Gasteiger partial charge in [-0.15, -0.1) is 0 Å². The summed E-state index contributed by atoms with van der Waals surface area (Å²) < 4.78 is 26.5. The molecule has 0 radical (unpaired) electrons. The Balaban J connectivity index is 3.20. The highest BCUT2D eigenvalue weighted by Crippen LogP contribution is 2.23. The monoisotopic (exact) mass is 314 g/mol. The van der Waals surface area contributed by atoms with E-state index in [0.29, 0.717) is 22.6 Å². The van der Waals surface area contributed by atoms with E-state index < -0.39 is 10.0 Å². The van der Waals surface area contributed by atoms with Gasteiger partial charge in [0.05, 0.1) is 4.90 Å². The Bertz CT molecular complexity index is 617. The Kier molecular flexibility index (Phi) is 4.94. The molecule has 1 aromatic rings. The molecule has 6 heteroatoms. The van der Waals surface area contributed by atoms with E-state index in [1.807, 2.05) is 20.8 Å². The Morgan fingerprint density at radius 1 is 1.35 bits per heavy atom. The third-order valence-corrected chi connectivity index (χ3v) is 5.04. The Morgan fingerprint density at radius 3 is 2.30 bits per heavy atom. The van der Waals surface area contributed by atoms with Crippen molar-refractivity contribution in [2.24, 2.45) is 11.1 Å². The molecule has 0 saturated carbocycles. The van der Waals surface area contributed by atoms with Gasteiger partial charge in [-0.2, -0.15) is 0 Å². The van der Waals surface area contributed by atoms with Crippen LogP contribution < -0.4 is 5.73 Å². The summed E-state index contributed by atoms with van der Waals surface area (Å²) in [6, 6.07) is 4.92. The molecule has 1 rings (SSSR count). The molecular weight excluding hydrogens is 292 g/mol. The van der Waals surface area contributed by atoms with Gasteiger partial charge in [0.15, 0.2) is 0 Å². The fourth-order valence-electron chi connectivity index (χ4n) is 2.01. The molecular formula is C14H22N2O2S2. The van der Waals surface area contributed by atoms with Crippen molar-refractivity contribution >= 4 is 27.2 Å². The van der Waals surface area contributed by atoms with Gasteiger partial charge in [-0.25, -0.2) is 12.7 Å². The standard InChI is InChI=1S/C14H22N2O2S2/c1-10-8-11(13(15)19)6-7-12(10)20(17,18)16(5)9-14(2,3)4/h6-8H,9H2,1-5H3,(H2,15,19). The molecule has 0 atom stereocenters. The summed E-state index contributed by atoms with van der Waals surface area (Å²) in [6.45, 7) is 8.21. The summed E-state index contributed by atoms with van der Waals surface area (Å²) >= 11 is 4.90. The second-order valence-electron chi connectivity index (χ2n) is 6.17. The predicted molar refractivity (Wildman–Crippen MR) is 86.3 cm³/mol. The lowest BCUT2D eigenvalue weighted by molar-refractivity contribution is 0.310. The van der Waals surface area contributed by atoms with Crippen LogP contribution in [0.15, 0.2) is 23.1 Å². The largest absolute Gasteiger partial charge is 0.389 e. The minimum atomic E-state index is -3.50. The van der Waals surface area contributed by atoms with Crippen LogP contribution in [0.5, 0.6) is 0 Å². The topological polar surface area (TPSA) is 63.4 Å². The molecule has 4 nitrogen and oxygen atoms in total. The zero-order chi connectivity index (χ0) is 15.7. The van der Waals surface area contributed by atoms with Gasteiger partial charge in [0.1, 0.15) is 4.99 Å². The predicted octanol–water partition coefficient (Wildman–Crippen LogP) is 2.30. The average Bonchev–Trinajstić information content (AvgIpc) is 2.25. The van der Waals surface area contributed by atoms with Crippen LogP contribution in [-0.2, 0) is 10.0 Å². The van der Waals surface area contributed by atoms with E-state index in [1.165, 1.54) is 4.31 Å². The molecule has 0 aliphatic rings. The number of nitrogens with zero attached hydrogens (tertiary/aromatic N) is 1. The van der Waals surface area contributed by atoms with E-state index in [1.54, 1.807) is 32.2 Å². The van der Waals surface area contributed by atoms with Crippen LogP contribution >= 0.6 is 12.2 Å². The first-order valence-corrected chi connectivity index (χ1v) is 8.17. The van der Waals surface area contributed by atoms with Crippen molar-refractivity contribution < 1.29 is 8.42 Å². The summed E-state index contributed by atoms with van der Waals surface area (Å²) in [6.07, 6.45) is 0. The molecule has 20 heavy (non-hydrogen) atoms. The van der Waals surface area contributed by atoms with Crippen LogP contribution in [0.25, 0.3) is 0 Å². The summed E-state index contributed by atoms with van der Waals surface area (Å²) in [5.74, 6) is 0. The van der Waals surface area contributed by atoms with Crippen molar-refractivity contribution in [2.75, 3.05) is 13.6 Å². The van der Waals surface area contributed by atoms with E-state index in [2.05, 4.69) is 0 Å². The number of hydrogen-bond donors (Lipinski definition) is 1. The lowest BCUT2D eigenvalue weighted by Gasteiger charge is -2.26. The summed E-state index contributed by atoms with van der Waals surface area (Å²) in [5.41, 5.74) is 6.78. The smallest absolute Gasteiger partial charge is 0.243 e. The Hall–Kier alpha value is -0.980. The quantitative estimate of drug-likeness (QED) is 0.866. The molecule has 0 fully saturated rings. The Labute approximate surface area is 127 Å². The number of thiocarbonyl (C=S) groups is 1. The van der Waals surface area contributed by atoms with E-state index in [0.717, 1.165) is 0 Å². The zero-order valence-corrected chi connectivity index (χ0v) is 14.2. The lowest BCUT2D eigenvalue weighted by Crippen LogP contribution is -2.34. The number of sulfonamides is 1. The van der Waals surface area contributed by atoms with Gasteiger partial charge in [-0.05, 0) is 30.0 Å². The number of aryl methyl sites for hydroxylation is 1. The van der Waals surface area contributed by atoms with Crippen LogP contribution in [0.3, 0.4) is 0 Å². The fourth-order valence-corrected chi connectivity index (χ4v) is 3.74. The lowest BCUT2D eigenvalue weighted by atomic mass is 9.97. The van der Waals surface area contributed by atoms with Crippen molar-refractivity contribution in [1.82, 2.24) is 4.31 Å². The molecule has 0 spiro atoms. The first-order chi connectivity index (χ1) is 8.95. The van der Waals surface area contributed by atoms with Crippen molar-refractivity contribution in [2.45, 2.75) is 32.6 Å². The van der Waals surface area contributed by atoms with Gasteiger partial charge < -0.3 is 5.73 Å². The summed E-state index contributed by atoms with van der Waals surface area (Å²) in [5, 5.41) is 0. The number of hydrogen-bond acceptors (Lipinski definition) is 3. The molecule has 2 N–H and O–H groups in total. The second kappa shape index (κ2) is 5.79. The van der Waals surface area contributed by atoms with Gasteiger partial charge in [0.25, 0.3) is 0 Å². The molecule has 112 valence electrons. The van der Waals surface area contributed by atoms with Gasteiger partial charge in [0, 0.05) is 19.2 Å². The molecule has 0 amide bonds. The fraction of sp³-hybridized carbons (Fsp3) is 0.500. The highest BCUT2D eigenvalue weighted by molar-refractivity contribution is 7.89. The highest BCUT2D eigenvalue weighted by atomic mass is 32.2. The minimum absolute atomic E-state index is 0.103. The SMILES string of the molecule is Cc1cc(C(N)=S)ccc1S(=O)(=O)N(C)CC(C)(C)C. The average molecular weight is 314 g/mol. The molecule has 0 aromatic heterocycles. The Morgan fingerprint density at radius 2 is 1.90 bits per heavy atom. The number of nitrogens with two attached hydrogens (primary N) is 1. The minimum Gasteiger partial charge on any atom is -0.389 e. The van der Waals surface area contributed by atoms with Crippen molar-refractivity contribution in [3.05, 3.63) is 29.3 Å². The van der Waals surface area contributed by atoms with Crippen LogP contribution in [0.2, 0.25) is 0 Å². The first kappa shape index (κ1) is 17.1. The van der Waals surface area contributed by atoms with Gasteiger partial charge in [0.2, 0.25) is 10.0 Å². The molecule has 0 aliphatic heterocycles. The normalized spacial score (nSPS) is 12.7. The molecule has 0 heterocycles. The maximum atomic E-state index is 12.6. The molecule has 0 aliphatic carbocycles. The van der Waals surface area contributed by atoms with Crippen molar-refractivity contribution in [3.8, 4) is 0 Å². The van der Waals surface area contributed by atoms with Crippen LogP contribution in [0.1, 0.15) is 31.9 Å². The van der Waals surface area contributed by atoms with Gasteiger partial charge in [-0.3, -0.25) is 0 Å². The third kappa shape index (κ3) is 4.01. The number of benzene rings is 1. The molecule has 0 bridgehead atoms. The van der Waals surface area contributed by atoms with Crippen LogP contribution in [-0.4, -0.2) is 31.3 Å². The van der Waals surface area contributed by atoms with Crippen molar-refractivity contribution in [1.29, 1.82) is 0 Å². The van der Waals surface area contributed by atoms with E-state index in [4.69, 9.17) is 18.0 Å². The van der Waals surface area contributed by atoms with Gasteiger partial charge in [-0.1, -0.05) is 39.1 Å². The summed E-state index contributed by atoms with van der Waals surface area (Å²) in [4.78, 5) is 0.560. The first-order valence-electron chi connectivity index (χ1n) is 6.32. The van der Waals surface area contributed by atoms with E-state index in [9.17, 15) is 8.42 Å². The van der Waals surface area contributed by atoms with Crippen molar-refractivity contribution in [3.63, 3.8) is 0 Å². The molecule has 1 aromatic carbocycles. The number of rotatable bonds is 4. The van der Waals surface area contributed by atoms with Crippen LogP contribution in [0, 0.1) is 12.3 Å². The van der Waals surface area contributed by atoms with Gasteiger partial charge >= 0.3 is 0 Å².